The summed E-state index contributed by atoms with van der Waals surface area (Å²) in [7, 11) is 0. The predicted octanol–water partition coefficient (Wildman–Crippen LogP) is 0.583. The molecule has 56 valence electrons. The predicted molar refractivity (Wildman–Crippen MR) is 37.1 cm³/mol. The Kier molecular flexibility index (Phi) is 2.16. The number of nitrogens with zero attached hydrogens (tertiary/aromatic N) is 2. The van der Waals surface area contributed by atoms with Gasteiger partial charge in [0.1, 0.15) is 11.7 Å². The van der Waals surface area contributed by atoms with Crippen molar-refractivity contribution < 1.29 is 4.39 Å². The Hall–Kier alpha value is -0.710. The number of hydrogen-bond acceptors (Lipinski definition) is 3. The second kappa shape index (κ2) is 2.92. The average Bonchev–Trinajstić information content (AvgIpc) is 2.13. The summed E-state index contributed by atoms with van der Waals surface area (Å²) in [4.78, 5) is 10.6. The van der Waals surface area contributed by atoms with Crippen molar-refractivity contribution in [2.45, 2.75) is 13.5 Å². The molecule has 0 spiro atoms. The average molecular weight is 162 g/mol. The van der Waals surface area contributed by atoms with Crippen molar-refractivity contribution in [2.24, 2.45) is 0 Å². The third-order valence-electron chi connectivity index (χ3n) is 1.00. The summed E-state index contributed by atoms with van der Waals surface area (Å²) in [6, 6.07) is 0. The molecule has 0 aliphatic heterocycles. The van der Waals surface area contributed by atoms with E-state index in [-0.39, 0.29) is 11.4 Å². The topological polar surface area (TPSA) is 34.9 Å². The zero-order chi connectivity index (χ0) is 7.56. The zero-order valence-corrected chi connectivity index (χ0v) is 6.32. The molecule has 0 fully saturated rings. The summed E-state index contributed by atoms with van der Waals surface area (Å²) in [5.41, 5.74) is 0. The van der Waals surface area contributed by atoms with Crippen LogP contribution in [0.4, 0.5) is 4.39 Å². The lowest BCUT2D eigenvalue weighted by molar-refractivity contribution is 0.421. The maximum atomic E-state index is 11.7. The van der Waals surface area contributed by atoms with Crippen molar-refractivity contribution in [1.29, 1.82) is 0 Å². The van der Waals surface area contributed by atoms with Crippen molar-refractivity contribution >= 4 is 11.3 Å². The van der Waals surface area contributed by atoms with Crippen molar-refractivity contribution in [1.82, 2.24) is 9.78 Å². The van der Waals surface area contributed by atoms with Gasteiger partial charge in [0, 0.05) is 0 Å². The fourth-order valence-electron chi connectivity index (χ4n) is 0.632. The molecule has 0 amide bonds. The summed E-state index contributed by atoms with van der Waals surface area (Å²) in [5, 5.41) is 4.46. The highest BCUT2D eigenvalue weighted by atomic mass is 32.1. The van der Waals surface area contributed by atoms with Crippen LogP contribution in [-0.2, 0) is 6.54 Å². The molecule has 0 radical (unpaired) electrons. The van der Waals surface area contributed by atoms with E-state index in [4.69, 9.17) is 0 Å². The third kappa shape index (κ3) is 1.41. The molecule has 0 atom stereocenters. The van der Waals surface area contributed by atoms with E-state index in [2.05, 4.69) is 5.10 Å². The first-order chi connectivity index (χ1) is 4.74. The van der Waals surface area contributed by atoms with Crippen LogP contribution in [0.1, 0.15) is 5.01 Å². The smallest absolute Gasteiger partial charge is 0.255 e. The summed E-state index contributed by atoms with van der Waals surface area (Å²) in [6.07, 6.45) is 0. The Morgan fingerprint density at radius 1 is 1.80 bits per heavy atom. The van der Waals surface area contributed by atoms with E-state index in [9.17, 15) is 9.18 Å². The minimum absolute atomic E-state index is 0.0726. The lowest BCUT2D eigenvalue weighted by Crippen LogP contribution is -2.15. The standard InChI is InChI=1S/C5H7FN2OS/c1-4-7-8(3-2-6)5(9)10-4/h2-3H2,1H3. The maximum absolute atomic E-state index is 11.7. The van der Waals surface area contributed by atoms with Crippen LogP contribution < -0.4 is 4.87 Å². The molecule has 0 aromatic carbocycles. The summed E-state index contributed by atoms with van der Waals surface area (Å²) >= 11 is 1.04. The van der Waals surface area contributed by atoms with Gasteiger partial charge in [-0.25, -0.2) is 9.07 Å². The van der Waals surface area contributed by atoms with E-state index < -0.39 is 6.67 Å². The van der Waals surface area contributed by atoms with Crippen LogP contribution in [0.25, 0.3) is 0 Å². The molecular formula is C5H7FN2OS. The van der Waals surface area contributed by atoms with E-state index in [1.165, 1.54) is 0 Å². The van der Waals surface area contributed by atoms with Crippen LogP contribution in [0.2, 0.25) is 0 Å². The lowest BCUT2D eigenvalue weighted by atomic mass is 10.7. The Bertz CT molecular complexity index is 267. The largest absolute Gasteiger partial charge is 0.325 e. The Morgan fingerprint density at radius 3 is 2.90 bits per heavy atom. The maximum Gasteiger partial charge on any atom is 0.325 e. The van der Waals surface area contributed by atoms with Gasteiger partial charge in [-0.05, 0) is 6.92 Å². The van der Waals surface area contributed by atoms with Crippen LogP contribution in [0, 0.1) is 6.92 Å². The molecule has 0 aliphatic rings. The van der Waals surface area contributed by atoms with Crippen molar-refractivity contribution in [3.8, 4) is 0 Å². The number of halogens is 1. The van der Waals surface area contributed by atoms with Gasteiger partial charge in [-0.1, -0.05) is 11.3 Å². The van der Waals surface area contributed by atoms with E-state index in [0.29, 0.717) is 5.01 Å². The number of alkyl halides is 1. The van der Waals surface area contributed by atoms with Gasteiger partial charge in [0.05, 0.1) is 6.54 Å². The van der Waals surface area contributed by atoms with Crippen LogP contribution in [0.5, 0.6) is 0 Å². The molecule has 1 aromatic heterocycles. The van der Waals surface area contributed by atoms with Crippen LogP contribution in [0.3, 0.4) is 0 Å². The van der Waals surface area contributed by atoms with E-state index >= 15 is 0 Å². The van der Waals surface area contributed by atoms with Gasteiger partial charge >= 0.3 is 4.87 Å². The van der Waals surface area contributed by atoms with Gasteiger partial charge in [0.25, 0.3) is 0 Å². The number of hydrogen-bond donors (Lipinski definition) is 0. The molecular weight excluding hydrogens is 155 g/mol. The molecule has 10 heavy (non-hydrogen) atoms. The molecule has 0 bridgehead atoms. The van der Waals surface area contributed by atoms with E-state index in [1.54, 1.807) is 6.92 Å². The van der Waals surface area contributed by atoms with Gasteiger partial charge < -0.3 is 0 Å². The van der Waals surface area contributed by atoms with E-state index in [1.807, 2.05) is 0 Å². The number of rotatable bonds is 2. The van der Waals surface area contributed by atoms with Gasteiger partial charge in [-0.15, -0.1) is 0 Å². The van der Waals surface area contributed by atoms with Crippen molar-refractivity contribution in [2.75, 3.05) is 6.67 Å². The van der Waals surface area contributed by atoms with Crippen LogP contribution in [-0.4, -0.2) is 16.5 Å². The van der Waals surface area contributed by atoms with Crippen LogP contribution in [0.15, 0.2) is 4.79 Å². The summed E-state index contributed by atoms with van der Waals surface area (Å²) < 4.78 is 12.8. The fraction of sp³-hybridized carbons (Fsp3) is 0.600. The van der Waals surface area contributed by atoms with Gasteiger partial charge in [0.15, 0.2) is 0 Å². The molecule has 0 saturated heterocycles. The molecule has 1 rings (SSSR count). The number of aryl methyl sites for hydroxylation is 2. The Balaban J connectivity index is 2.92. The molecule has 0 saturated carbocycles. The monoisotopic (exact) mass is 162 g/mol. The normalized spacial score (nSPS) is 10.2. The molecule has 3 nitrogen and oxygen atoms in total. The molecule has 0 N–H and O–H groups in total. The molecule has 0 unspecified atom stereocenters. The highest BCUT2D eigenvalue weighted by Gasteiger charge is 1.99. The molecule has 1 aromatic rings. The van der Waals surface area contributed by atoms with Crippen molar-refractivity contribution in [3.63, 3.8) is 0 Å². The Morgan fingerprint density at radius 2 is 2.50 bits per heavy atom. The lowest BCUT2D eigenvalue weighted by Gasteiger charge is -1.89. The quantitative estimate of drug-likeness (QED) is 0.637. The second-order valence-corrected chi connectivity index (χ2v) is 2.94. The second-order valence-electron chi connectivity index (χ2n) is 1.80. The minimum Gasteiger partial charge on any atom is -0.255 e. The number of aromatic nitrogens is 2. The van der Waals surface area contributed by atoms with Gasteiger partial charge in [0.2, 0.25) is 0 Å². The first-order valence-electron chi connectivity index (χ1n) is 2.84. The fourth-order valence-corrected chi connectivity index (χ4v) is 1.26. The highest BCUT2D eigenvalue weighted by Crippen LogP contribution is 1.93. The van der Waals surface area contributed by atoms with E-state index in [0.717, 1.165) is 16.0 Å². The summed E-state index contributed by atoms with van der Waals surface area (Å²) in [5.74, 6) is 0. The van der Waals surface area contributed by atoms with Gasteiger partial charge in [-0.3, -0.25) is 4.79 Å². The molecule has 1 heterocycles. The highest BCUT2D eigenvalue weighted by molar-refractivity contribution is 7.08. The first kappa shape index (κ1) is 7.40. The van der Waals surface area contributed by atoms with Crippen LogP contribution >= 0.6 is 11.3 Å². The molecule has 5 heteroatoms. The Labute approximate surface area is 61.1 Å². The summed E-state index contributed by atoms with van der Waals surface area (Å²) in [6.45, 7) is 1.26. The SMILES string of the molecule is Cc1nn(CCF)c(=O)s1. The zero-order valence-electron chi connectivity index (χ0n) is 5.50. The molecule has 0 aliphatic carbocycles. The van der Waals surface area contributed by atoms with Crippen molar-refractivity contribution in [3.05, 3.63) is 14.7 Å². The minimum atomic E-state index is -0.539. The third-order valence-corrected chi connectivity index (χ3v) is 1.77. The first-order valence-corrected chi connectivity index (χ1v) is 3.66. The van der Waals surface area contributed by atoms with Gasteiger partial charge in [-0.2, -0.15) is 5.10 Å².